The normalized spacial score (nSPS) is 30.0. The number of rotatable bonds is 9. The van der Waals surface area contributed by atoms with E-state index in [-0.39, 0.29) is 18.2 Å². The van der Waals surface area contributed by atoms with E-state index in [9.17, 15) is 8.42 Å². The maximum Gasteiger partial charge on any atom is 0.241 e. The molecule has 4 aliphatic rings. The van der Waals surface area contributed by atoms with Gasteiger partial charge in [0, 0.05) is 36.6 Å². The van der Waals surface area contributed by atoms with Gasteiger partial charge < -0.3 is 14.0 Å². The van der Waals surface area contributed by atoms with Crippen LogP contribution in [-0.2, 0) is 19.5 Å². The Labute approximate surface area is 248 Å². The van der Waals surface area contributed by atoms with E-state index < -0.39 is 10.0 Å². The van der Waals surface area contributed by atoms with E-state index in [0.717, 1.165) is 55.2 Å². The maximum atomic E-state index is 13.4. The summed E-state index contributed by atoms with van der Waals surface area (Å²) in [5.74, 6) is 2.66. The number of aryl methyl sites for hydroxylation is 2. The van der Waals surface area contributed by atoms with Gasteiger partial charge in [-0.15, -0.1) is 10.2 Å². The first-order valence-corrected chi connectivity index (χ1v) is 16.9. The van der Waals surface area contributed by atoms with Crippen LogP contribution in [0.4, 0.5) is 0 Å². The SMILES string of the molecule is Cc1ccc(S(=O)(=O)N[C@@H](CCN2C3CCC2CC(n2c(C)nnc2C2CO[C@H]4OCCC24)C3)c2ccccc2)cc1. The molecule has 2 aromatic carbocycles. The highest BCUT2D eigenvalue weighted by atomic mass is 32.2. The lowest BCUT2D eigenvalue weighted by molar-refractivity contribution is -0.0905. The Hall–Kier alpha value is -2.63. The molecule has 0 amide bonds. The van der Waals surface area contributed by atoms with Crippen LogP contribution >= 0.6 is 0 Å². The lowest BCUT2D eigenvalue weighted by Crippen LogP contribution is -2.45. The van der Waals surface area contributed by atoms with Crippen molar-refractivity contribution in [2.45, 2.75) is 93.6 Å². The van der Waals surface area contributed by atoms with E-state index >= 15 is 0 Å². The molecular formula is C32H41N5O4S. The second kappa shape index (κ2) is 11.5. The maximum absolute atomic E-state index is 13.4. The lowest BCUT2D eigenvalue weighted by atomic mass is 9.91. The summed E-state index contributed by atoms with van der Waals surface area (Å²) >= 11 is 0. The Balaban J connectivity index is 1.06. The summed E-state index contributed by atoms with van der Waals surface area (Å²) in [5, 5.41) is 9.21. The zero-order valence-electron chi connectivity index (χ0n) is 24.4. The fourth-order valence-corrected chi connectivity index (χ4v) is 9.13. The van der Waals surface area contributed by atoms with Crippen LogP contribution in [-0.4, -0.2) is 66.2 Å². The fraction of sp³-hybridized carbons (Fsp3) is 0.562. The quantitative estimate of drug-likeness (QED) is 0.387. The van der Waals surface area contributed by atoms with E-state index in [1.165, 1.54) is 12.8 Å². The number of hydrogen-bond acceptors (Lipinski definition) is 7. The van der Waals surface area contributed by atoms with Crippen molar-refractivity contribution in [3.8, 4) is 0 Å². The van der Waals surface area contributed by atoms with Gasteiger partial charge in [-0.05, 0) is 70.1 Å². The number of piperidine rings is 1. The monoisotopic (exact) mass is 591 g/mol. The second-order valence-corrected chi connectivity index (χ2v) is 14.3. The lowest BCUT2D eigenvalue weighted by Gasteiger charge is -2.40. The summed E-state index contributed by atoms with van der Waals surface area (Å²) in [5.41, 5.74) is 2.03. The topological polar surface area (TPSA) is 98.6 Å². The van der Waals surface area contributed by atoms with Gasteiger partial charge in [-0.3, -0.25) is 4.90 Å². The molecule has 0 spiro atoms. The number of nitrogens with zero attached hydrogens (tertiary/aromatic N) is 4. The van der Waals surface area contributed by atoms with Crippen molar-refractivity contribution in [2.24, 2.45) is 5.92 Å². The largest absolute Gasteiger partial charge is 0.352 e. The Kier molecular flexibility index (Phi) is 7.69. The van der Waals surface area contributed by atoms with Gasteiger partial charge in [0.25, 0.3) is 0 Å². The van der Waals surface area contributed by atoms with Crippen molar-refractivity contribution >= 4 is 10.0 Å². The molecule has 1 aromatic heterocycles. The summed E-state index contributed by atoms with van der Waals surface area (Å²) in [7, 11) is -3.66. The molecule has 42 heavy (non-hydrogen) atoms. The van der Waals surface area contributed by atoms with Crippen molar-refractivity contribution in [3.05, 3.63) is 77.4 Å². The molecule has 4 unspecified atom stereocenters. The van der Waals surface area contributed by atoms with Crippen molar-refractivity contribution in [2.75, 3.05) is 19.8 Å². The van der Waals surface area contributed by atoms with Crippen molar-refractivity contribution in [1.82, 2.24) is 24.4 Å². The van der Waals surface area contributed by atoms with Crippen molar-refractivity contribution in [1.29, 1.82) is 0 Å². The molecule has 4 aliphatic heterocycles. The molecular weight excluding hydrogens is 550 g/mol. The third-order valence-corrected chi connectivity index (χ3v) is 11.5. The van der Waals surface area contributed by atoms with Crippen LogP contribution < -0.4 is 4.72 Å². The van der Waals surface area contributed by atoms with Crippen LogP contribution in [0.25, 0.3) is 0 Å². The van der Waals surface area contributed by atoms with Crippen molar-refractivity contribution in [3.63, 3.8) is 0 Å². The average molecular weight is 592 g/mol. The van der Waals surface area contributed by atoms with Gasteiger partial charge in [-0.25, -0.2) is 13.1 Å². The molecule has 4 fully saturated rings. The Morgan fingerprint density at radius 2 is 1.67 bits per heavy atom. The zero-order chi connectivity index (χ0) is 28.8. The molecule has 10 heteroatoms. The van der Waals surface area contributed by atoms with Crippen LogP contribution in [0.3, 0.4) is 0 Å². The van der Waals surface area contributed by atoms with Crippen LogP contribution in [0.15, 0.2) is 59.5 Å². The van der Waals surface area contributed by atoms with Crippen LogP contribution in [0, 0.1) is 19.8 Å². The minimum Gasteiger partial charge on any atom is -0.352 e. The molecule has 0 saturated carbocycles. The highest BCUT2D eigenvalue weighted by Gasteiger charge is 2.47. The van der Waals surface area contributed by atoms with E-state index in [4.69, 9.17) is 9.47 Å². The van der Waals surface area contributed by atoms with E-state index in [1.54, 1.807) is 12.1 Å². The molecule has 1 N–H and O–H groups in total. The number of ether oxygens (including phenoxy) is 2. The molecule has 6 atom stereocenters. The molecule has 3 aromatic rings. The fourth-order valence-electron chi connectivity index (χ4n) is 7.87. The van der Waals surface area contributed by atoms with Gasteiger partial charge in [0.05, 0.1) is 24.0 Å². The molecule has 0 aliphatic carbocycles. The summed E-state index contributed by atoms with van der Waals surface area (Å²) < 4.78 is 44.0. The predicted molar refractivity (Wildman–Crippen MR) is 158 cm³/mol. The summed E-state index contributed by atoms with van der Waals surface area (Å²) in [4.78, 5) is 2.95. The second-order valence-electron chi connectivity index (χ2n) is 12.5. The minimum atomic E-state index is -3.66. The summed E-state index contributed by atoms with van der Waals surface area (Å²) in [6.45, 7) is 6.30. The molecule has 5 heterocycles. The van der Waals surface area contributed by atoms with Gasteiger partial charge in [0.15, 0.2) is 6.29 Å². The minimum absolute atomic E-state index is 0.0977. The first-order valence-electron chi connectivity index (χ1n) is 15.4. The first-order chi connectivity index (χ1) is 20.4. The summed E-state index contributed by atoms with van der Waals surface area (Å²) in [6, 6.07) is 18.0. The molecule has 224 valence electrons. The Morgan fingerprint density at radius 1 is 0.929 bits per heavy atom. The van der Waals surface area contributed by atoms with E-state index in [2.05, 4.69) is 31.3 Å². The van der Waals surface area contributed by atoms with Gasteiger partial charge in [0.1, 0.15) is 11.6 Å². The highest BCUT2D eigenvalue weighted by Crippen LogP contribution is 2.45. The van der Waals surface area contributed by atoms with Gasteiger partial charge in [0.2, 0.25) is 10.0 Å². The molecule has 7 rings (SSSR count). The third kappa shape index (κ3) is 5.32. The number of fused-ring (bicyclic) bond motifs is 3. The molecule has 9 nitrogen and oxygen atoms in total. The molecule has 4 saturated heterocycles. The van der Waals surface area contributed by atoms with Gasteiger partial charge in [-0.1, -0.05) is 48.0 Å². The number of sulfonamides is 1. The average Bonchev–Trinajstić information content (AvgIpc) is 3.75. The van der Waals surface area contributed by atoms with E-state index in [0.29, 0.717) is 42.0 Å². The standard InChI is InChI=1S/C32H41N5O4S/c1-21-8-12-27(13-9-21)42(38,39)35-30(23-6-4-3-5-7-23)14-16-36-24-10-11-25(36)19-26(18-24)37-22(2)33-34-31(37)29-20-41-32-28(29)15-17-40-32/h3-9,12-13,24-26,28-30,32,35H,10-11,14-20H2,1-2H3/t24?,25?,26?,28?,29?,30-,32+/m0/s1. The van der Waals surface area contributed by atoms with Gasteiger partial charge >= 0.3 is 0 Å². The number of benzene rings is 2. The Bertz CT molecular complexity index is 1480. The summed E-state index contributed by atoms with van der Waals surface area (Å²) in [6.07, 6.45) is 6.10. The Morgan fingerprint density at radius 3 is 2.40 bits per heavy atom. The van der Waals surface area contributed by atoms with E-state index in [1.807, 2.05) is 49.4 Å². The smallest absolute Gasteiger partial charge is 0.241 e. The highest BCUT2D eigenvalue weighted by molar-refractivity contribution is 7.89. The first kappa shape index (κ1) is 28.2. The van der Waals surface area contributed by atoms with Gasteiger partial charge in [-0.2, -0.15) is 0 Å². The number of hydrogen-bond donors (Lipinski definition) is 1. The zero-order valence-corrected chi connectivity index (χ0v) is 25.2. The predicted octanol–water partition coefficient (Wildman–Crippen LogP) is 4.65. The third-order valence-electron chi connectivity index (χ3n) is 10.00. The van der Waals surface area contributed by atoms with Crippen molar-refractivity contribution < 1.29 is 17.9 Å². The van der Waals surface area contributed by atoms with Crippen LogP contribution in [0.5, 0.6) is 0 Å². The van der Waals surface area contributed by atoms with Crippen LogP contribution in [0.1, 0.15) is 79.3 Å². The molecule has 0 radical (unpaired) electrons. The molecule has 2 bridgehead atoms. The number of nitrogens with one attached hydrogen (secondary N) is 1. The number of aromatic nitrogens is 3. The van der Waals surface area contributed by atoms with Crippen LogP contribution in [0.2, 0.25) is 0 Å².